The summed E-state index contributed by atoms with van der Waals surface area (Å²) in [4.78, 5) is 31.1. The molecule has 1 aromatic carbocycles. The fraction of sp³-hybridized carbons (Fsp3) is 0.458. The Labute approximate surface area is 189 Å². The van der Waals surface area contributed by atoms with E-state index in [-0.39, 0.29) is 43.7 Å². The highest BCUT2D eigenvalue weighted by atomic mass is 35.5. The van der Waals surface area contributed by atoms with Crippen LogP contribution in [0.5, 0.6) is 0 Å². The monoisotopic (exact) mass is 457 g/mol. The van der Waals surface area contributed by atoms with Crippen molar-refractivity contribution >= 4 is 45.1 Å². The number of rotatable bonds is 2. The number of fused-ring (bicyclic) bond motifs is 5. The van der Waals surface area contributed by atoms with Gasteiger partial charge >= 0.3 is 5.97 Å². The van der Waals surface area contributed by atoms with Gasteiger partial charge in [-0.05, 0) is 36.2 Å². The number of benzene rings is 1. The van der Waals surface area contributed by atoms with Gasteiger partial charge in [-0.3, -0.25) is 9.78 Å². The minimum atomic E-state index is -1.32. The molecule has 1 aliphatic carbocycles. The quantitative estimate of drug-likeness (QED) is 0.549. The van der Waals surface area contributed by atoms with Gasteiger partial charge in [-0.15, -0.1) is 0 Å². The Morgan fingerprint density at radius 3 is 2.72 bits per heavy atom. The van der Waals surface area contributed by atoms with Crippen molar-refractivity contribution in [3.8, 4) is 0 Å². The van der Waals surface area contributed by atoms with Crippen LogP contribution in [0.25, 0.3) is 21.8 Å². The summed E-state index contributed by atoms with van der Waals surface area (Å²) in [7, 11) is 1.64. The average Bonchev–Trinajstić information content (AvgIpc) is 2.94. The molecular formula is C24H25ClFN3O3. The maximum atomic E-state index is 15.5. The topological polar surface area (TPSA) is 75.4 Å². The first kappa shape index (κ1) is 21.2. The highest BCUT2D eigenvalue weighted by Crippen LogP contribution is 2.54. The fourth-order valence-electron chi connectivity index (χ4n) is 6.31. The number of hydrogen-bond donors (Lipinski definition) is 1. The molecule has 2 aliphatic rings. The molecule has 1 N–H and O–H groups in total. The molecule has 2 aromatic heterocycles. The third-order valence-electron chi connectivity index (χ3n) is 7.13. The first-order chi connectivity index (χ1) is 14.9. The number of pyridine rings is 2. The molecule has 0 spiro atoms. The van der Waals surface area contributed by atoms with Crippen molar-refractivity contribution in [1.29, 1.82) is 0 Å². The van der Waals surface area contributed by atoms with E-state index in [9.17, 15) is 14.7 Å². The molecule has 2 unspecified atom stereocenters. The lowest BCUT2D eigenvalue weighted by molar-refractivity contribution is 0.0695. The van der Waals surface area contributed by atoms with Gasteiger partial charge in [0.1, 0.15) is 16.1 Å². The Hall–Kier alpha value is -2.67. The zero-order valence-corrected chi connectivity index (χ0v) is 19.3. The minimum absolute atomic E-state index is 0.00970. The van der Waals surface area contributed by atoms with E-state index in [4.69, 9.17) is 11.6 Å². The zero-order valence-electron chi connectivity index (χ0n) is 18.5. The van der Waals surface area contributed by atoms with E-state index in [1.165, 1.54) is 17.0 Å². The molecule has 1 saturated carbocycles. The minimum Gasteiger partial charge on any atom is -0.477 e. The number of anilines is 1. The molecule has 2 bridgehead atoms. The summed E-state index contributed by atoms with van der Waals surface area (Å²) in [5.41, 5.74) is 0.211. The van der Waals surface area contributed by atoms with Crippen LogP contribution < -0.4 is 10.3 Å². The van der Waals surface area contributed by atoms with E-state index in [1.807, 2.05) is 0 Å². The molecule has 3 heterocycles. The Morgan fingerprint density at radius 1 is 1.31 bits per heavy atom. The lowest BCUT2D eigenvalue weighted by atomic mass is 9.65. The SMILES string of the molecule is Cn1cc(C(=O)O)c(=O)c2c3cc(N4CC5(C)CC4CC(C)(C)C5)c(Cl)c(F)c3ncc21. The molecule has 1 aliphatic heterocycles. The third-order valence-corrected chi connectivity index (χ3v) is 7.49. The van der Waals surface area contributed by atoms with Crippen LogP contribution in [-0.4, -0.2) is 33.2 Å². The van der Waals surface area contributed by atoms with Crippen LogP contribution in [0.15, 0.2) is 23.3 Å². The number of aromatic carboxylic acids is 1. The summed E-state index contributed by atoms with van der Waals surface area (Å²) >= 11 is 6.53. The molecular weight excluding hydrogens is 433 g/mol. The summed E-state index contributed by atoms with van der Waals surface area (Å²) in [6.07, 6.45) is 5.70. The maximum absolute atomic E-state index is 15.5. The number of aryl methyl sites for hydroxylation is 1. The Balaban J connectivity index is 1.81. The van der Waals surface area contributed by atoms with Crippen LogP contribution in [-0.2, 0) is 7.05 Å². The smallest absolute Gasteiger partial charge is 0.341 e. The van der Waals surface area contributed by atoms with Gasteiger partial charge in [-0.25, -0.2) is 9.18 Å². The molecule has 2 atom stereocenters. The summed E-state index contributed by atoms with van der Waals surface area (Å²) in [5.74, 6) is -2.01. The number of carboxylic acids is 1. The zero-order chi connectivity index (χ0) is 23.2. The number of carbonyl (C=O) groups is 1. The Kier molecular flexibility index (Phi) is 4.42. The molecule has 0 amide bonds. The predicted octanol–water partition coefficient (Wildman–Crippen LogP) is 4.98. The number of aromatic nitrogens is 2. The first-order valence-electron chi connectivity index (χ1n) is 10.7. The van der Waals surface area contributed by atoms with Gasteiger partial charge in [0, 0.05) is 31.2 Å². The van der Waals surface area contributed by atoms with E-state index in [1.54, 1.807) is 13.1 Å². The van der Waals surface area contributed by atoms with Crippen LogP contribution in [0, 0.1) is 16.6 Å². The normalized spacial score (nSPS) is 24.4. The van der Waals surface area contributed by atoms with Crippen molar-refractivity contribution in [3.05, 3.63) is 45.1 Å². The van der Waals surface area contributed by atoms with Gasteiger partial charge in [0.05, 0.1) is 22.8 Å². The van der Waals surface area contributed by atoms with Gasteiger partial charge in [-0.1, -0.05) is 32.4 Å². The van der Waals surface area contributed by atoms with Crippen LogP contribution in [0.2, 0.25) is 5.02 Å². The van der Waals surface area contributed by atoms with Crippen molar-refractivity contribution in [1.82, 2.24) is 9.55 Å². The first-order valence-corrected chi connectivity index (χ1v) is 11.1. The molecule has 32 heavy (non-hydrogen) atoms. The largest absolute Gasteiger partial charge is 0.477 e. The molecule has 2 fully saturated rings. The second-order valence-electron chi connectivity index (χ2n) is 10.6. The fourth-order valence-corrected chi connectivity index (χ4v) is 6.57. The van der Waals surface area contributed by atoms with Gasteiger partial charge in [-0.2, -0.15) is 0 Å². The second kappa shape index (κ2) is 6.67. The Morgan fingerprint density at radius 2 is 2.03 bits per heavy atom. The van der Waals surface area contributed by atoms with Crippen LogP contribution >= 0.6 is 11.6 Å². The molecule has 3 aromatic rings. The molecule has 0 radical (unpaired) electrons. The van der Waals surface area contributed by atoms with Crippen molar-refractivity contribution < 1.29 is 14.3 Å². The van der Waals surface area contributed by atoms with Crippen molar-refractivity contribution in [2.24, 2.45) is 17.9 Å². The second-order valence-corrected chi connectivity index (χ2v) is 10.9. The number of hydrogen-bond acceptors (Lipinski definition) is 4. The van der Waals surface area contributed by atoms with Crippen molar-refractivity contribution in [3.63, 3.8) is 0 Å². The molecule has 168 valence electrons. The summed E-state index contributed by atoms with van der Waals surface area (Å²) in [5, 5.41) is 9.91. The van der Waals surface area contributed by atoms with E-state index >= 15 is 4.39 Å². The summed E-state index contributed by atoms with van der Waals surface area (Å²) in [6.45, 7) is 7.54. The molecule has 8 heteroatoms. The standard InChI is InChI=1S/C24H25ClFN3O3/c1-23(2)6-12-7-24(3,10-23)11-29(12)15-5-13-17-16(8-27-20(13)19(26)18(15)25)28(4)9-14(21(17)30)22(31)32/h5,8-9,12H,6-7,10-11H2,1-4H3,(H,31,32). The number of nitrogens with zero attached hydrogens (tertiary/aromatic N) is 3. The van der Waals surface area contributed by atoms with Gasteiger partial charge in [0.2, 0.25) is 5.43 Å². The van der Waals surface area contributed by atoms with E-state index < -0.39 is 17.2 Å². The lowest BCUT2D eigenvalue weighted by Crippen LogP contribution is -2.34. The molecule has 5 rings (SSSR count). The highest BCUT2D eigenvalue weighted by molar-refractivity contribution is 6.34. The number of halogens is 2. The average molecular weight is 458 g/mol. The molecule has 6 nitrogen and oxygen atoms in total. The van der Waals surface area contributed by atoms with E-state index in [0.717, 1.165) is 25.8 Å². The third kappa shape index (κ3) is 3.01. The maximum Gasteiger partial charge on any atom is 0.341 e. The van der Waals surface area contributed by atoms with Crippen LogP contribution in [0.4, 0.5) is 10.1 Å². The highest BCUT2D eigenvalue weighted by Gasteiger charge is 2.50. The molecule has 1 saturated heterocycles. The van der Waals surface area contributed by atoms with Crippen LogP contribution in [0.3, 0.4) is 0 Å². The lowest BCUT2D eigenvalue weighted by Gasteiger charge is -2.39. The van der Waals surface area contributed by atoms with Crippen LogP contribution in [0.1, 0.15) is 50.4 Å². The number of carboxylic acid groups (broad SMARTS) is 1. The predicted molar refractivity (Wildman–Crippen MR) is 123 cm³/mol. The summed E-state index contributed by atoms with van der Waals surface area (Å²) in [6, 6.07) is 1.94. The van der Waals surface area contributed by atoms with Crippen molar-refractivity contribution in [2.45, 2.75) is 46.1 Å². The van der Waals surface area contributed by atoms with Gasteiger partial charge < -0.3 is 14.6 Å². The van der Waals surface area contributed by atoms with Gasteiger partial charge in [0.25, 0.3) is 0 Å². The van der Waals surface area contributed by atoms with E-state index in [0.29, 0.717) is 11.2 Å². The van der Waals surface area contributed by atoms with E-state index in [2.05, 4.69) is 30.7 Å². The van der Waals surface area contributed by atoms with Crippen molar-refractivity contribution in [2.75, 3.05) is 11.4 Å². The summed E-state index contributed by atoms with van der Waals surface area (Å²) < 4.78 is 17.0. The van der Waals surface area contributed by atoms with Gasteiger partial charge in [0.15, 0.2) is 5.82 Å². The Bertz CT molecular complexity index is 1380.